The number of likely N-dealkylation sites (tertiary alicyclic amines) is 1. The van der Waals surface area contributed by atoms with Gasteiger partial charge < -0.3 is 19.7 Å². The van der Waals surface area contributed by atoms with Crippen LogP contribution in [0.2, 0.25) is 0 Å². The number of piperidine rings is 1. The molecule has 2 amide bonds. The molecule has 1 saturated carbocycles. The van der Waals surface area contributed by atoms with Crippen molar-refractivity contribution in [3.63, 3.8) is 0 Å². The second kappa shape index (κ2) is 11.2. The molecule has 2 aliphatic rings. The number of methoxy groups -OCH3 is 2. The van der Waals surface area contributed by atoms with Gasteiger partial charge in [0, 0.05) is 31.1 Å². The van der Waals surface area contributed by atoms with Crippen LogP contribution in [0.25, 0.3) is 0 Å². The van der Waals surface area contributed by atoms with E-state index in [1.54, 1.807) is 4.90 Å². The number of nitrogens with zero attached hydrogens (tertiary/aromatic N) is 1. The highest BCUT2D eigenvalue weighted by atomic mass is 16.5. The van der Waals surface area contributed by atoms with Crippen LogP contribution >= 0.6 is 0 Å². The van der Waals surface area contributed by atoms with Crippen molar-refractivity contribution in [3.8, 4) is 0 Å². The zero-order valence-corrected chi connectivity index (χ0v) is 18.6. The van der Waals surface area contributed by atoms with Gasteiger partial charge >= 0.3 is 12.1 Å². The minimum atomic E-state index is -0.261. The molecule has 0 bridgehead atoms. The maximum Gasteiger partial charge on any atom is 0.409 e. The minimum Gasteiger partial charge on any atom is -0.469 e. The lowest BCUT2D eigenvalue weighted by molar-refractivity contribution is -0.141. The van der Waals surface area contributed by atoms with Crippen molar-refractivity contribution in [2.75, 3.05) is 27.3 Å². The van der Waals surface area contributed by atoms with Crippen LogP contribution in [0.3, 0.4) is 0 Å². The number of benzene rings is 1. The lowest BCUT2D eigenvalue weighted by atomic mass is 9.83. The summed E-state index contributed by atoms with van der Waals surface area (Å²) >= 11 is 0. The van der Waals surface area contributed by atoms with Gasteiger partial charge in [0.1, 0.15) is 0 Å². The summed E-state index contributed by atoms with van der Waals surface area (Å²) in [6.45, 7) is 1.39. The number of ether oxygens (including phenoxy) is 2. The van der Waals surface area contributed by atoms with Crippen LogP contribution < -0.4 is 5.32 Å². The molecule has 31 heavy (non-hydrogen) atoms. The van der Waals surface area contributed by atoms with Crippen LogP contribution in [0.4, 0.5) is 4.79 Å². The van der Waals surface area contributed by atoms with Gasteiger partial charge in [-0.05, 0) is 74.5 Å². The minimum absolute atomic E-state index is 0.0231. The van der Waals surface area contributed by atoms with Crippen molar-refractivity contribution in [1.29, 1.82) is 0 Å². The van der Waals surface area contributed by atoms with Crippen molar-refractivity contribution < 1.29 is 23.9 Å². The maximum absolute atomic E-state index is 12.7. The average Bonchev–Trinajstić information content (AvgIpc) is 2.83. The smallest absolute Gasteiger partial charge is 0.409 e. The monoisotopic (exact) mass is 430 g/mol. The number of carbonyl (C=O) groups excluding carboxylic acids is 3. The number of hydrogen-bond acceptors (Lipinski definition) is 5. The van der Waals surface area contributed by atoms with E-state index in [9.17, 15) is 14.4 Å². The van der Waals surface area contributed by atoms with E-state index < -0.39 is 0 Å². The molecule has 170 valence electrons. The highest BCUT2D eigenvalue weighted by Crippen LogP contribution is 2.30. The molecule has 0 unspecified atom stereocenters. The third kappa shape index (κ3) is 6.45. The molecule has 1 heterocycles. The van der Waals surface area contributed by atoms with Crippen LogP contribution in [-0.2, 0) is 14.3 Å². The summed E-state index contributed by atoms with van der Waals surface area (Å²) in [5, 5.41) is 3.17. The number of hydrogen-bond donors (Lipinski definition) is 1. The Morgan fingerprint density at radius 1 is 0.935 bits per heavy atom. The molecule has 1 N–H and O–H groups in total. The van der Waals surface area contributed by atoms with Crippen LogP contribution in [-0.4, -0.2) is 56.2 Å². The van der Waals surface area contributed by atoms with E-state index in [4.69, 9.17) is 9.47 Å². The Balaban J connectivity index is 1.43. The summed E-state index contributed by atoms with van der Waals surface area (Å²) in [6, 6.07) is 8.08. The van der Waals surface area contributed by atoms with E-state index in [2.05, 4.69) is 5.32 Å². The topological polar surface area (TPSA) is 84.9 Å². The molecule has 0 atom stereocenters. The van der Waals surface area contributed by atoms with Gasteiger partial charge in [-0.15, -0.1) is 0 Å². The van der Waals surface area contributed by atoms with Crippen LogP contribution in [0.5, 0.6) is 0 Å². The van der Waals surface area contributed by atoms with Crippen LogP contribution in [0, 0.1) is 5.92 Å². The van der Waals surface area contributed by atoms with Crippen molar-refractivity contribution in [2.24, 2.45) is 5.92 Å². The van der Waals surface area contributed by atoms with E-state index in [1.807, 2.05) is 24.3 Å². The lowest BCUT2D eigenvalue weighted by Crippen LogP contribution is -2.38. The summed E-state index contributed by atoms with van der Waals surface area (Å²) < 4.78 is 9.50. The second-order valence-electron chi connectivity index (χ2n) is 8.66. The predicted octanol–water partition coefficient (Wildman–Crippen LogP) is 3.87. The Hall–Kier alpha value is -2.57. The Kier molecular flexibility index (Phi) is 8.32. The van der Waals surface area contributed by atoms with Crippen LogP contribution in [0.15, 0.2) is 24.3 Å². The molecule has 1 aliphatic carbocycles. The zero-order chi connectivity index (χ0) is 22.2. The van der Waals surface area contributed by atoms with Crippen molar-refractivity contribution in [2.45, 2.75) is 63.3 Å². The van der Waals surface area contributed by atoms with Gasteiger partial charge in [0.15, 0.2) is 0 Å². The fourth-order valence-electron chi connectivity index (χ4n) is 4.72. The number of nitrogens with one attached hydrogen (secondary N) is 1. The number of carbonyl (C=O) groups is 3. The molecule has 3 rings (SSSR count). The largest absolute Gasteiger partial charge is 0.469 e. The fourth-order valence-corrected chi connectivity index (χ4v) is 4.72. The predicted molar refractivity (Wildman–Crippen MR) is 117 cm³/mol. The van der Waals surface area contributed by atoms with E-state index >= 15 is 0 Å². The first-order valence-corrected chi connectivity index (χ1v) is 11.3. The van der Waals surface area contributed by atoms with E-state index in [0.717, 1.165) is 44.9 Å². The Bertz CT molecular complexity index is 748. The summed E-state index contributed by atoms with van der Waals surface area (Å²) in [4.78, 5) is 37.3. The summed E-state index contributed by atoms with van der Waals surface area (Å²) in [7, 11) is 2.84. The first-order chi connectivity index (χ1) is 15.0. The molecule has 1 aliphatic heterocycles. The zero-order valence-electron chi connectivity index (χ0n) is 18.6. The summed E-state index contributed by atoms with van der Waals surface area (Å²) in [5.41, 5.74) is 1.90. The molecule has 0 spiro atoms. The Morgan fingerprint density at radius 2 is 1.58 bits per heavy atom. The Labute approximate surface area is 184 Å². The standard InChI is InChI=1S/C24H34N2O5/c1-30-22(27)12-5-17-3-10-21(11-4-17)25-23(28)20-8-6-18(7-9-20)19-13-15-26(16-14-19)24(29)31-2/h6-9,17,19,21H,3-5,10-16H2,1-2H3,(H,25,28)/t17-,21-. The van der Waals surface area contributed by atoms with Crippen molar-refractivity contribution in [3.05, 3.63) is 35.4 Å². The average molecular weight is 431 g/mol. The third-order valence-corrected chi connectivity index (χ3v) is 6.74. The quantitative estimate of drug-likeness (QED) is 0.693. The number of amides is 2. The number of esters is 1. The summed E-state index contributed by atoms with van der Waals surface area (Å²) in [5.74, 6) is 0.772. The molecular formula is C24H34N2O5. The SMILES string of the molecule is COC(=O)CC[C@H]1CC[C@H](NC(=O)c2ccc(C3CCN(C(=O)OC)CC3)cc2)CC1. The van der Waals surface area contributed by atoms with E-state index in [1.165, 1.54) is 19.8 Å². The maximum atomic E-state index is 12.7. The normalized spacial score (nSPS) is 21.9. The van der Waals surface area contributed by atoms with E-state index in [-0.39, 0.29) is 24.0 Å². The van der Waals surface area contributed by atoms with Gasteiger partial charge in [-0.1, -0.05) is 12.1 Å². The summed E-state index contributed by atoms with van der Waals surface area (Å²) in [6.07, 6.45) is 6.86. The van der Waals surface area contributed by atoms with Gasteiger partial charge in [0.2, 0.25) is 0 Å². The van der Waals surface area contributed by atoms with Crippen molar-refractivity contribution in [1.82, 2.24) is 10.2 Å². The molecule has 1 aromatic rings. The van der Waals surface area contributed by atoms with Crippen LogP contribution in [0.1, 0.15) is 73.2 Å². The highest BCUT2D eigenvalue weighted by Gasteiger charge is 2.25. The Morgan fingerprint density at radius 3 is 2.16 bits per heavy atom. The fraction of sp³-hybridized carbons (Fsp3) is 0.625. The molecule has 1 aromatic carbocycles. The van der Waals surface area contributed by atoms with Gasteiger partial charge in [-0.25, -0.2) is 4.79 Å². The molecule has 2 fully saturated rings. The molecule has 0 radical (unpaired) electrons. The lowest BCUT2D eigenvalue weighted by Gasteiger charge is -2.31. The highest BCUT2D eigenvalue weighted by molar-refractivity contribution is 5.94. The molecule has 1 saturated heterocycles. The molecule has 7 heteroatoms. The van der Waals surface area contributed by atoms with Gasteiger partial charge in [-0.2, -0.15) is 0 Å². The van der Waals surface area contributed by atoms with Gasteiger partial charge in [-0.3, -0.25) is 9.59 Å². The third-order valence-electron chi connectivity index (χ3n) is 6.74. The van der Waals surface area contributed by atoms with Gasteiger partial charge in [0.05, 0.1) is 14.2 Å². The second-order valence-corrected chi connectivity index (χ2v) is 8.66. The first-order valence-electron chi connectivity index (χ1n) is 11.3. The van der Waals surface area contributed by atoms with E-state index in [0.29, 0.717) is 36.9 Å². The number of rotatable bonds is 6. The molecule has 7 nitrogen and oxygen atoms in total. The van der Waals surface area contributed by atoms with Gasteiger partial charge in [0.25, 0.3) is 5.91 Å². The molecular weight excluding hydrogens is 396 g/mol. The first kappa shape index (κ1) is 23.1. The van der Waals surface area contributed by atoms with Crippen molar-refractivity contribution >= 4 is 18.0 Å². The molecule has 0 aromatic heterocycles.